The van der Waals surface area contributed by atoms with Gasteiger partial charge in [0.1, 0.15) is 0 Å². The number of hydrogen-bond acceptors (Lipinski definition) is 4. The van der Waals surface area contributed by atoms with Crippen molar-refractivity contribution in [3.63, 3.8) is 0 Å². The van der Waals surface area contributed by atoms with Crippen molar-refractivity contribution in [1.29, 1.82) is 0 Å². The van der Waals surface area contributed by atoms with Crippen molar-refractivity contribution in [3.8, 4) is 0 Å². The maximum absolute atomic E-state index is 12.0. The fourth-order valence-electron chi connectivity index (χ4n) is 3.56. The van der Waals surface area contributed by atoms with Crippen molar-refractivity contribution in [1.82, 2.24) is 0 Å². The van der Waals surface area contributed by atoms with E-state index in [4.69, 9.17) is 9.16 Å². The summed E-state index contributed by atoms with van der Waals surface area (Å²) < 4.78 is 11.9. The van der Waals surface area contributed by atoms with Gasteiger partial charge in [-0.15, -0.1) is 0 Å². The Morgan fingerprint density at radius 3 is 2.18 bits per heavy atom. The number of carbonyl (C=O) groups excluding carboxylic acids is 1. The van der Waals surface area contributed by atoms with Crippen LogP contribution in [0.2, 0.25) is 36.3 Å². The summed E-state index contributed by atoms with van der Waals surface area (Å²) in [5.74, 6) is 0.165. The molecule has 0 aliphatic heterocycles. The first-order valence-electron chi connectivity index (χ1n) is 10.7. The first kappa shape index (κ1) is 25.6. The molecule has 0 heterocycles. The molecule has 1 saturated carbocycles. The van der Waals surface area contributed by atoms with Crippen LogP contribution in [-0.4, -0.2) is 40.1 Å². The van der Waals surface area contributed by atoms with Crippen molar-refractivity contribution in [2.24, 2.45) is 5.92 Å². The SMILES string of the molecule is CCOC(=O)/C=C1\C[C@@H](CC(C)(C)[Si](C)(C)O)C[C@H](O[Si](C)(C)C(C)(C)C)C1. The lowest BCUT2D eigenvalue weighted by Gasteiger charge is -2.44. The van der Waals surface area contributed by atoms with Gasteiger partial charge in [0.05, 0.1) is 6.61 Å². The highest BCUT2D eigenvalue weighted by Crippen LogP contribution is 2.47. The second-order valence-electron chi connectivity index (χ2n) is 11.2. The Bertz CT molecular complexity index is 530. The van der Waals surface area contributed by atoms with Crippen LogP contribution in [0, 0.1) is 5.92 Å². The van der Waals surface area contributed by atoms with E-state index in [2.05, 4.69) is 47.7 Å². The Morgan fingerprint density at radius 2 is 1.71 bits per heavy atom. The number of esters is 1. The predicted octanol–water partition coefficient (Wildman–Crippen LogP) is 6.03. The summed E-state index contributed by atoms with van der Waals surface area (Å²) in [6.07, 6.45) is 5.49. The molecular formula is C22H44O4Si2. The lowest BCUT2D eigenvalue weighted by atomic mass is 9.79. The lowest BCUT2D eigenvalue weighted by molar-refractivity contribution is -0.137. The van der Waals surface area contributed by atoms with Gasteiger partial charge in [0, 0.05) is 12.2 Å². The molecule has 1 N–H and O–H groups in total. The Kier molecular flexibility index (Phi) is 8.36. The van der Waals surface area contributed by atoms with Gasteiger partial charge in [-0.2, -0.15) is 0 Å². The molecule has 0 aromatic rings. The monoisotopic (exact) mass is 428 g/mol. The smallest absolute Gasteiger partial charge is 0.330 e. The zero-order valence-electron chi connectivity index (χ0n) is 19.9. The molecule has 0 aromatic heterocycles. The Morgan fingerprint density at radius 1 is 1.14 bits per heavy atom. The third-order valence-electron chi connectivity index (χ3n) is 6.97. The van der Waals surface area contributed by atoms with Crippen LogP contribution >= 0.6 is 0 Å². The highest BCUT2D eigenvalue weighted by molar-refractivity contribution is 6.74. The minimum Gasteiger partial charge on any atom is -0.463 e. The summed E-state index contributed by atoms with van der Waals surface area (Å²) in [6.45, 7) is 22.0. The van der Waals surface area contributed by atoms with E-state index < -0.39 is 16.6 Å². The van der Waals surface area contributed by atoms with E-state index in [0.717, 1.165) is 31.3 Å². The van der Waals surface area contributed by atoms with E-state index in [-0.39, 0.29) is 22.1 Å². The Balaban J connectivity index is 3.06. The second kappa shape index (κ2) is 9.15. The van der Waals surface area contributed by atoms with Crippen LogP contribution in [0.3, 0.4) is 0 Å². The summed E-state index contributed by atoms with van der Waals surface area (Å²) >= 11 is 0. The molecule has 6 heteroatoms. The molecule has 0 bridgehead atoms. The first-order chi connectivity index (χ1) is 12.5. The summed E-state index contributed by atoms with van der Waals surface area (Å²) in [5, 5.41) is 0.0792. The number of hydrogen-bond donors (Lipinski definition) is 1. The van der Waals surface area contributed by atoms with Crippen LogP contribution in [0.5, 0.6) is 0 Å². The minimum atomic E-state index is -2.28. The van der Waals surface area contributed by atoms with Crippen molar-refractivity contribution in [2.75, 3.05) is 6.61 Å². The highest BCUT2D eigenvalue weighted by atomic mass is 28.4. The molecule has 0 amide bonds. The molecule has 0 saturated heterocycles. The molecule has 164 valence electrons. The molecule has 1 aliphatic rings. The average Bonchev–Trinajstić information content (AvgIpc) is 2.43. The van der Waals surface area contributed by atoms with Gasteiger partial charge in [-0.3, -0.25) is 0 Å². The van der Waals surface area contributed by atoms with Gasteiger partial charge in [-0.05, 0) is 74.8 Å². The standard InChI is InChI=1S/C22H44O4Si2/c1-11-25-20(23)15-17-12-18(16-22(5,6)27(7,8)24)14-19(13-17)26-28(9,10)21(2,3)4/h15,18-19,24H,11-14,16H2,1-10H3/b17-15+/t18-,19-/m1/s1. The highest BCUT2D eigenvalue weighted by Gasteiger charge is 2.43. The van der Waals surface area contributed by atoms with Crippen molar-refractivity contribution in [3.05, 3.63) is 11.6 Å². The molecule has 1 rings (SSSR count). The third-order valence-corrected chi connectivity index (χ3v) is 15.0. The van der Waals surface area contributed by atoms with Crippen LogP contribution in [0.4, 0.5) is 0 Å². The van der Waals surface area contributed by atoms with E-state index in [1.165, 1.54) is 0 Å². The van der Waals surface area contributed by atoms with Gasteiger partial charge in [0.25, 0.3) is 0 Å². The van der Waals surface area contributed by atoms with Crippen molar-refractivity contribution >= 4 is 22.6 Å². The third kappa shape index (κ3) is 7.11. The van der Waals surface area contributed by atoms with E-state index >= 15 is 0 Å². The molecule has 28 heavy (non-hydrogen) atoms. The van der Waals surface area contributed by atoms with Gasteiger partial charge in [0.2, 0.25) is 0 Å². The van der Waals surface area contributed by atoms with Crippen LogP contribution in [0.15, 0.2) is 11.6 Å². The zero-order valence-corrected chi connectivity index (χ0v) is 21.9. The van der Waals surface area contributed by atoms with Gasteiger partial charge in [-0.25, -0.2) is 4.79 Å². The van der Waals surface area contributed by atoms with Gasteiger partial charge in [0.15, 0.2) is 16.6 Å². The molecule has 0 radical (unpaired) electrons. The maximum Gasteiger partial charge on any atom is 0.330 e. The molecule has 1 aliphatic carbocycles. The predicted molar refractivity (Wildman–Crippen MR) is 122 cm³/mol. The van der Waals surface area contributed by atoms with Crippen LogP contribution in [0.1, 0.15) is 67.2 Å². The quantitative estimate of drug-likeness (QED) is 0.305. The lowest BCUT2D eigenvalue weighted by Crippen LogP contribution is -2.46. The van der Waals surface area contributed by atoms with E-state index in [1.807, 2.05) is 20.0 Å². The van der Waals surface area contributed by atoms with E-state index in [1.54, 1.807) is 6.08 Å². The van der Waals surface area contributed by atoms with Gasteiger partial charge in [-0.1, -0.05) is 40.2 Å². The van der Waals surface area contributed by atoms with Gasteiger partial charge >= 0.3 is 5.97 Å². The molecule has 0 unspecified atom stereocenters. The normalized spacial score (nSPS) is 23.8. The summed E-state index contributed by atoms with van der Waals surface area (Å²) in [7, 11) is -4.16. The summed E-state index contributed by atoms with van der Waals surface area (Å²) in [5.41, 5.74) is 1.13. The Labute approximate surface area is 175 Å². The first-order valence-corrected chi connectivity index (χ1v) is 16.6. The fourth-order valence-corrected chi connectivity index (χ4v) is 5.72. The number of ether oxygens (including phenoxy) is 1. The van der Waals surface area contributed by atoms with Crippen LogP contribution in [-0.2, 0) is 14.0 Å². The second-order valence-corrected chi connectivity index (χ2v) is 20.4. The molecule has 0 spiro atoms. The minimum absolute atomic E-state index is 0.0778. The fraction of sp³-hybridized carbons (Fsp3) is 0.864. The molecule has 4 nitrogen and oxygen atoms in total. The summed E-state index contributed by atoms with van der Waals surface area (Å²) in [4.78, 5) is 22.8. The van der Waals surface area contributed by atoms with Gasteiger partial charge < -0.3 is 14.0 Å². The maximum atomic E-state index is 12.0. The molecule has 1 fully saturated rings. The zero-order chi connectivity index (χ0) is 22.0. The largest absolute Gasteiger partial charge is 0.463 e. The molecular weight excluding hydrogens is 384 g/mol. The van der Waals surface area contributed by atoms with E-state index in [9.17, 15) is 9.59 Å². The Hall–Kier alpha value is -0.436. The number of rotatable bonds is 7. The topological polar surface area (TPSA) is 55.8 Å². The van der Waals surface area contributed by atoms with Crippen LogP contribution < -0.4 is 0 Å². The molecule has 2 atom stereocenters. The average molecular weight is 429 g/mol. The van der Waals surface area contributed by atoms with Crippen molar-refractivity contribution in [2.45, 2.75) is 110 Å². The van der Waals surface area contributed by atoms with Crippen LogP contribution in [0.25, 0.3) is 0 Å². The van der Waals surface area contributed by atoms with E-state index in [0.29, 0.717) is 12.5 Å². The summed E-state index contributed by atoms with van der Waals surface area (Å²) in [6, 6.07) is 0. The van der Waals surface area contributed by atoms with Crippen molar-refractivity contribution < 1.29 is 18.8 Å². The molecule has 0 aromatic carbocycles. The number of carbonyl (C=O) groups is 1.